The summed E-state index contributed by atoms with van der Waals surface area (Å²) in [5, 5.41) is 3.77. The molecule has 2 aromatic heterocycles. The summed E-state index contributed by atoms with van der Waals surface area (Å²) in [6.07, 6.45) is 7.47. The molecule has 1 aliphatic heterocycles. The number of benzene rings is 1. The number of aromatic nitrogens is 1. The van der Waals surface area contributed by atoms with E-state index in [1.54, 1.807) is 22.7 Å². The van der Waals surface area contributed by atoms with Crippen molar-refractivity contribution in [2.75, 3.05) is 19.6 Å². The van der Waals surface area contributed by atoms with Gasteiger partial charge in [-0.15, -0.1) is 0 Å². The van der Waals surface area contributed by atoms with Gasteiger partial charge in [0.15, 0.2) is 0 Å². The van der Waals surface area contributed by atoms with Crippen LogP contribution in [0.1, 0.15) is 31.4 Å². The summed E-state index contributed by atoms with van der Waals surface area (Å²) >= 11 is 0. The van der Waals surface area contributed by atoms with Gasteiger partial charge in [-0.25, -0.2) is 8.42 Å². The fourth-order valence-electron chi connectivity index (χ4n) is 3.88. The Morgan fingerprint density at radius 2 is 1.93 bits per heavy atom. The maximum absolute atomic E-state index is 12.9. The Kier molecular flexibility index (Phi) is 6.24. The predicted octanol–water partition coefficient (Wildman–Crippen LogP) is 3.16. The Labute approximate surface area is 176 Å². The van der Waals surface area contributed by atoms with Crippen molar-refractivity contribution >= 4 is 26.8 Å². The largest absolute Gasteiger partial charge is 0.469 e. The smallest absolute Gasteiger partial charge is 0.243 e. The summed E-state index contributed by atoms with van der Waals surface area (Å²) in [6, 6.07) is 10.9. The van der Waals surface area contributed by atoms with Crippen LogP contribution in [0.25, 0.3) is 10.9 Å². The Morgan fingerprint density at radius 3 is 2.70 bits per heavy atom. The predicted molar refractivity (Wildman–Crippen MR) is 115 cm³/mol. The summed E-state index contributed by atoms with van der Waals surface area (Å²) in [7, 11) is -3.45. The highest BCUT2D eigenvalue weighted by molar-refractivity contribution is 7.89. The van der Waals surface area contributed by atoms with Gasteiger partial charge in [-0.3, -0.25) is 4.79 Å². The van der Waals surface area contributed by atoms with Crippen molar-refractivity contribution in [2.24, 2.45) is 0 Å². The van der Waals surface area contributed by atoms with Crippen molar-refractivity contribution < 1.29 is 17.6 Å². The SMILES string of the molecule is O=C(CCn1ccc2cc(S(=O)(=O)N3CCCCC3)ccc21)NCCc1ccco1. The number of piperidine rings is 1. The minimum atomic E-state index is -3.45. The van der Waals surface area contributed by atoms with Gasteiger partial charge in [0.1, 0.15) is 5.76 Å². The van der Waals surface area contributed by atoms with Gasteiger partial charge in [0.2, 0.25) is 15.9 Å². The van der Waals surface area contributed by atoms with Crippen LogP contribution in [0.2, 0.25) is 0 Å². The molecule has 3 aromatic rings. The van der Waals surface area contributed by atoms with Crippen LogP contribution in [0.3, 0.4) is 0 Å². The van der Waals surface area contributed by atoms with E-state index in [2.05, 4.69) is 5.32 Å². The molecule has 4 rings (SSSR count). The highest BCUT2D eigenvalue weighted by Crippen LogP contribution is 2.25. The lowest BCUT2D eigenvalue weighted by Gasteiger charge is -2.25. The van der Waals surface area contributed by atoms with E-state index in [1.807, 2.05) is 35.0 Å². The van der Waals surface area contributed by atoms with E-state index in [0.29, 0.717) is 43.9 Å². The lowest BCUT2D eigenvalue weighted by atomic mass is 10.2. The first-order valence-electron chi connectivity index (χ1n) is 10.4. The molecule has 1 amide bonds. The molecular formula is C22H27N3O4S. The number of rotatable bonds is 8. The molecule has 8 heteroatoms. The molecule has 7 nitrogen and oxygen atoms in total. The van der Waals surface area contributed by atoms with Crippen molar-refractivity contribution in [2.45, 2.75) is 43.5 Å². The second-order valence-electron chi connectivity index (χ2n) is 7.62. The number of carbonyl (C=O) groups excluding carboxylic acids is 1. The fourth-order valence-corrected chi connectivity index (χ4v) is 5.43. The molecule has 0 unspecified atom stereocenters. The summed E-state index contributed by atoms with van der Waals surface area (Å²) in [6.45, 7) is 2.26. The third-order valence-electron chi connectivity index (χ3n) is 5.55. The molecule has 0 bridgehead atoms. The Bertz CT molecular complexity index is 1100. The highest BCUT2D eigenvalue weighted by Gasteiger charge is 2.26. The summed E-state index contributed by atoms with van der Waals surface area (Å²) < 4.78 is 34.6. The number of aryl methyl sites for hydroxylation is 1. The minimum Gasteiger partial charge on any atom is -0.469 e. The molecular weight excluding hydrogens is 402 g/mol. The molecule has 1 saturated heterocycles. The maximum Gasteiger partial charge on any atom is 0.243 e. The third-order valence-corrected chi connectivity index (χ3v) is 7.44. The fraction of sp³-hybridized carbons (Fsp3) is 0.409. The topological polar surface area (TPSA) is 84.5 Å². The first-order chi connectivity index (χ1) is 14.5. The molecule has 0 atom stereocenters. The number of furan rings is 1. The Hall–Kier alpha value is -2.58. The summed E-state index contributed by atoms with van der Waals surface area (Å²) in [4.78, 5) is 12.5. The molecule has 0 radical (unpaired) electrons. The number of nitrogens with zero attached hydrogens (tertiary/aromatic N) is 2. The number of amides is 1. The van der Waals surface area contributed by atoms with Crippen LogP contribution in [-0.2, 0) is 27.8 Å². The Balaban J connectivity index is 1.37. The zero-order chi connectivity index (χ0) is 21.0. The molecule has 1 aromatic carbocycles. The van der Waals surface area contributed by atoms with Crippen LogP contribution in [-0.4, -0.2) is 42.8 Å². The van der Waals surface area contributed by atoms with Crippen LogP contribution in [0, 0.1) is 0 Å². The number of hydrogen-bond donors (Lipinski definition) is 1. The van der Waals surface area contributed by atoms with Gasteiger partial charge < -0.3 is 14.3 Å². The molecule has 3 heterocycles. The molecule has 160 valence electrons. The zero-order valence-electron chi connectivity index (χ0n) is 16.9. The number of carbonyl (C=O) groups is 1. The zero-order valence-corrected chi connectivity index (χ0v) is 17.7. The van der Waals surface area contributed by atoms with E-state index < -0.39 is 10.0 Å². The van der Waals surface area contributed by atoms with E-state index >= 15 is 0 Å². The van der Waals surface area contributed by atoms with Crippen molar-refractivity contribution in [1.82, 2.24) is 14.2 Å². The van der Waals surface area contributed by atoms with Gasteiger partial charge in [-0.05, 0) is 49.2 Å². The summed E-state index contributed by atoms with van der Waals surface area (Å²) in [5.74, 6) is 0.828. The molecule has 0 saturated carbocycles. The Morgan fingerprint density at radius 1 is 1.10 bits per heavy atom. The van der Waals surface area contributed by atoms with Crippen molar-refractivity contribution in [3.63, 3.8) is 0 Å². The average molecular weight is 430 g/mol. The van der Waals surface area contributed by atoms with Crippen LogP contribution in [0.15, 0.2) is 58.2 Å². The monoisotopic (exact) mass is 429 g/mol. The van der Waals surface area contributed by atoms with Gasteiger partial charge in [0.25, 0.3) is 0 Å². The lowest BCUT2D eigenvalue weighted by Crippen LogP contribution is -2.35. The molecule has 1 N–H and O–H groups in total. The molecule has 1 aliphatic rings. The number of nitrogens with one attached hydrogen (secondary N) is 1. The second kappa shape index (κ2) is 9.06. The van der Waals surface area contributed by atoms with Gasteiger partial charge in [0, 0.05) is 56.1 Å². The van der Waals surface area contributed by atoms with Gasteiger partial charge in [0.05, 0.1) is 11.2 Å². The first kappa shape index (κ1) is 20.7. The van der Waals surface area contributed by atoms with E-state index in [9.17, 15) is 13.2 Å². The van der Waals surface area contributed by atoms with E-state index in [1.165, 1.54) is 0 Å². The number of sulfonamides is 1. The first-order valence-corrected chi connectivity index (χ1v) is 11.9. The van der Waals surface area contributed by atoms with E-state index in [4.69, 9.17) is 4.42 Å². The standard InChI is InChI=1S/C22H27N3O4S/c26-22(23-11-8-19-5-4-16-29-19)10-15-24-14-9-18-17-20(6-7-21(18)24)30(27,28)25-12-2-1-3-13-25/h4-7,9,14,16-17H,1-3,8,10-13,15H2,(H,23,26). The normalized spacial score (nSPS) is 15.5. The molecule has 0 spiro atoms. The van der Waals surface area contributed by atoms with Crippen LogP contribution in [0.5, 0.6) is 0 Å². The van der Waals surface area contributed by atoms with Crippen molar-refractivity contribution in [1.29, 1.82) is 0 Å². The van der Waals surface area contributed by atoms with Crippen LogP contribution >= 0.6 is 0 Å². The lowest BCUT2D eigenvalue weighted by molar-refractivity contribution is -0.121. The van der Waals surface area contributed by atoms with Crippen LogP contribution in [0.4, 0.5) is 0 Å². The van der Waals surface area contributed by atoms with Crippen molar-refractivity contribution in [3.8, 4) is 0 Å². The molecule has 1 fully saturated rings. The minimum absolute atomic E-state index is 0.0206. The van der Waals surface area contributed by atoms with Gasteiger partial charge >= 0.3 is 0 Å². The van der Waals surface area contributed by atoms with Crippen molar-refractivity contribution in [3.05, 3.63) is 54.6 Å². The molecule has 30 heavy (non-hydrogen) atoms. The third kappa shape index (κ3) is 4.60. The van der Waals surface area contributed by atoms with Gasteiger partial charge in [-0.2, -0.15) is 4.31 Å². The van der Waals surface area contributed by atoms with Crippen LogP contribution < -0.4 is 5.32 Å². The quantitative estimate of drug-likeness (QED) is 0.596. The molecule has 0 aliphatic carbocycles. The average Bonchev–Trinajstić information content (AvgIpc) is 3.42. The number of fused-ring (bicyclic) bond motifs is 1. The second-order valence-corrected chi connectivity index (χ2v) is 9.56. The number of hydrogen-bond acceptors (Lipinski definition) is 4. The van der Waals surface area contributed by atoms with E-state index in [-0.39, 0.29) is 5.91 Å². The van der Waals surface area contributed by atoms with Gasteiger partial charge in [-0.1, -0.05) is 6.42 Å². The summed E-state index contributed by atoms with van der Waals surface area (Å²) in [5.41, 5.74) is 0.927. The highest BCUT2D eigenvalue weighted by atomic mass is 32.2. The maximum atomic E-state index is 12.9. The van der Waals surface area contributed by atoms with E-state index in [0.717, 1.165) is 35.9 Å².